The summed E-state index contributed by atoms with van der Waals surface area (Å²) in [6.07, 6.45) is 1.96. The SMILES string of the molecule is COc1cc(OC)cc(C(=O)Nc2nnc(C3CCCO3)s2)c1. The molecule has 0 spiro atoms. The summed E-state index contributed by atoms with van der Waals surface area (Å²) < 4.78 is 15.9. The molecule has 1 atom stereocenters. The number of benzene rings is 1. The maximum atomic E-state index is 12.4. The second kappa shape index (κ2) is 6.93. The fourth-order valence-electron chi connectivity index (χ4n) is 2.30. The van der Waals surface area contributed by atoms with E-state index in [2.05, 4.69) is 15.5 Å². The van der Waals surface area contributed by atoms with Gasteiger partial charge in [0.05, 0.1) is 14.2 Å². The molecule has 2 aromatic rings. The number of carbonyl (C=O) groups excluding carboxylic acids is 1. The fourth-order valence-corrected chi connectivity index (χ4v) is 3.12. The van der Waals surface area contributed by atoms with Crippen molar-refractivity contribution < 1.29 is 19.0 Å². The highest BCUT2D eigenvalue weighted by atomic mass is 32.1. The van der Waals surface area contributed by atoms with E-state index in [1.54, 1.807) is 18.2 Å². The molecule has 1 fully saturated rings. The topological polar surface area (TPSA) is 82.6 Å². The summed E-state index contributed by atoms with van der Waals surface area (Å²) in [5, 5.41) is 12.1. The number of methoxy groups -OCH3 is 2. The normalized spacial score (nSPS) is 17.0. The Kier molecular flexibility index (Phi) is 4.73. The van der Waals surface area contributed by atoms with Gasteiger partial charge in [-0.25, -0.2) is 0 Å². The molecule has 1 aliphatic heterocycles. The molecule has 8 heteroatoms. The Morgan fingerprint density at radius 1 is 1.26 bits per heavy atom. The molecule has 1 aromatic carbocycles. The zero-order valence-electron chi connectivity index (χ0n) is 12.9. The van der Waals surface area contributed by atoms with E-state index >= 15 is 0 Å². The first-order chi connectivity index (χ1) is 11.2. The standard InChI is InChI=1S/C15H17N3O4S/c1-20-10-6-9(7-11(8-10)21-2)13(19)16-15-18-17-14(23-15)12-4-3-5-22-12/h6-8,12H,3-5H2,1-2H3,(H,16,18,19). The summed E-state index contributed by atoms with van der Waals surface area (Å²) in [4.78, 5) is 12.4. The van der Waals surface area contributed by atoms with Crippen LogP contribution in [0, 0.1) is 0 Å². The molecule has 122 valence electrons. The van der Waals surface area contributed by atoms with Crippen LogP contribution in [-0.2, 0) is 4.74 Å². The van der Waals surface area contributed by atoms with Gasteiger partial charge in [0.15, 0.2) is 0 Å². The van der Waals surface area contributed by atoms with Crippen molar-refractivity contribution in [2.75, 3.05) is 26.1 Å². The van der Waals surface area contributed by atoms with E-state index in [1.807, 2.05) is 0 Å². The van der Waals surface area contributed by atoms with Gasteiger partial charge in [0.2, 0.25) is 5.13 Å². The predicted molar refractivity (Wildman–Crippen MR) is 85.3 cm³/mol. The first kappa shape index (κ1) is 15.7. The van der Waals surface area contributed by atoms with E-state index in [0.717, 1.165) is 24.5 Å². The van der Waals surface area contributed by atoms with Gasteiger partial charge in [-0.1, -0.05) is 11.3 Å². The Morgan fingerprint density at radius 2 is 2.00 bits per heavy atom. The molecule has 23 heavy (non-hydrogen) atoms. The van der Waals surface area contributed by atoms with E-state index < -0.39 is 0 Å². The van der Waals surface area contributed by atoms with Crippen LogP contribution < -0.4 is 14.8 Å². The molecule has 0 radical (unpaired) electrons. The Hall–Kier alpha value is -2.19. The van der Waals surface area contributed by atoms with Crippen LogP contribution in [0.3, 0.4) is 0 Å². The van der Waals surface area contributed by atoms with Crippen LogP contribution >= 0.6 is 11.3 Å². The maximum absolute atomic E-state index is 12.4. The molecular formula is C15H17N3O4S. The number of carbonyl (C=O) groups is 1. The summed E-state index contributed by atoms with van der Waals surface area (Å²) in [5.74, 6) is 0.802. The van der Waals surface area contributed by atoms with Crippen LogP contribution in [0.15, 0.2) is 18.2 Å². The summed E-state index contributed by atoms with van der Waals surface area (Å²) in [5.41, 5.74) is 0.426. The summed E-state index contributed by atoms with van der Waals surface area (Å²) in [6.45, 7) is 0.746. The number of ether oxygens (including phenoxy) is 3. The van der Waals surface area contributed by atoms with Crippen molar-refractivity contribution in [2.24, 2.45) is 0 Å². The molecule has 1 saturated heterocycles. The van der Waals surface area contributed by atoms with Gasteiger partial charge in [-0.2, -0.15) is 0 Å². The van der Waals surface area contributed by atoms with Crippen LogP contribution in [0.5, 0.6) is 11.5 Å². The third-order valence-corrected chi connectivity index (χ3v) is 4.41. The number of nitrogens with one attached hydrogen (secondary N) is 1. The molecule has 0 aliphatic carbocycles. The van der Waals surface area contributed by atoms with Crippen molar-refractivity contribution in [1.29, 1.82) is 0 Å². The molecule has 1 amide bonds. The molecule has 1 aromatic heterocycles. The lowest BCUT2D eigenvalue weighted by Gasteiger charge is -2.07. The average Bonchev–Trinajstić information content (AvgIpc) is 3.25. The number of aromatic nitrogens is 2. The number of nitrogens with zero attached hydrogens (tertiary/aromatic N) is 2. The fraction of sp³-hybridized carbons (Fsp3) is 0.400. The highest BCUT2D eigenvalue weighted by Crippen LogP contribution is 2.32. The van der Waals surface area contributed by atoms with Crippen molar-refractivity contribution in [3.63, 3.8) is 0 Å². The second-order valence-corrected chi connectivity index (χ2v) is 6.01. The first-order valence-electron chi connectivity index (χ1n) is 7.19. The zero-order valence-corrected chi connectivity index (χ0v) is 13.7. The number of anilines is 1. The van der Waals surface area contributed by atoms with Crippen LogP contribution in [0.25, 0.3) is 0 Å². The van der Waals surface area contributed by atoms with Crippen molar-refractivity contribution in [2.45, 2.75) is 18.9 Å². The van der Waals surface area contributed by atoms with E-state index in [1.165, 1.54) is 25.6 Å². The largest absolute Gasteiger partial charge is 0.497 e. The average molecular weight is 335 g/mol. The van der Waals surface area contributed by atoms with Crippen molar-refractivity contribution >= 4 is 22.4 Å². The molecule has 1 unspecified atom stereocenters. The molecule has 1 N–H and O–H groups in total. The number of hydrogen-bond acceptors (Lipinski definition) is 7. The quantitative estimate of drug-likeness (QED) is 0.904. The lowest BCUT2D eigenvalue weighted by Crippen LogP contribution is -2.12. The third kappa shape index (κ3) is 3.59. The van der Waals surface area contributed by atoms with Gasteiger partial charge in [-0.05, 0) is 25.0 Å². The summed E-state index contributed by atoms with van der Waals surface area (Å²) in [6, 6.07) is 4.98. The van der Waals surface area contributed by atoms with Gasteiger partial charge in [-0.3, -0.25) is 10.1 Å². The first-order valence-corrected chi connectivity index (χ1v) is 8.00. The van der Waals surface area contributed by atoms with Gasteiger partial charge in [0.1, 0.15) is 22.6 Å². The minimum Gasteiger partial charge on any atom is -0.497 e. The minimum absolute atomic E-state index is 0.00457. The summed E-state index contributed by atoms with van der Waals surface area (Å²) >= 11 is 1.33. The maximum Gasteiger partial charge on any atom is 0.257 e. The third-order valence-electron chi connectivity index (χ3n) is 3.48. The molecule has 3 rings (SSSR count). The van der Waals surface area contributed by atoms with Gasteiger partial charge in [0, 0.05) is 18.2 Å². The Labute approximate surface area is 137 Å². The van der Waals surface area contributed by atoms with Gasteiger partial charge in [-0.15, -0.1) is 10.2 Å². The van der Waals surface area contributed by atoms with Gasteiger partial charge < -0.3 is 14.2 Å². The van der Waals surface area contributed by atoms with E-state index in [0.29, 0.717) is 22.2 Å². The monoisotopic (exact) mass is 335 g/mol. The molecule has 0 bridgehead atoms. The molecule has 0 saturated carbocycles. The Morgan fingerprint density at radius 3 is 2.61 bits per heavy atom. The van der Waals surface area contributed by atoms with Crippen molar-refractivity contribution in [1.82, 2.24) is 10.2 Å². The van der Waals surface area contributed by atoms with Crippen LogP contribution in [0.1, 0.15) is 34.3 Å². The Bertz CT molecular complexity index is 676. The number of amides is 1. The minimum atomic E-state index is -0.294. The Balaban J connectivity index is 1.73. The van der Waals surface area contributed by atoms with Gasteiger partial charge >= 0.3 is 0 Å². The predicted octanol–water partition coefficient (Wildman–Crippen LogP) is 2.66. The zero-order chi connectivity index (χ0) is 16.2. The van der Waals surface area contributed by atoms with E-state index in [9.17, 15) is 4.79 Å². The summed E-state index contributed by atoms with van der Waals surface area (Å²) in [7, 11) is 3.07. The van der Waals surface area contributed by atoms with Crippen LogP contribution in [-0.4, -0.2) is 36.9 Å². The molecule has 1 aliphatic rings. The smallest absolute Gasteiger partial charge is 0.257 e. The highest BCUT2D eigenvalue weighted by Gasteiger charge is 2.22. The molecular weight excluding hydrogens is 318 g/mol. The van der Waals surface area contributed by atoms with Gasteiger partial charge in [0.25, 0.3) is 5.91 Å². The molecule has 7 nitrogen and oxygen atoms in total. The van der Waals surface area contributed by atoms with Crippen LogP contribution in [0.4, 0.5) is 5.13 Å². The van der Waals surface area contributed by atoms with Crippen molar-refractivity contribution in [3.8, 4) is 11.5 Å². The lowest BCUT2D eigenvalue weighted by molar-refractivity contribution is 0.102. The number of hydrogen-bond donors (Lipinski definition) is 1. The van der Waals surface area contributed by atoms with Crippen molar-refractivity contribution in [3.05, 3.63) is 28.8 Å². The highest BCUT2D eigenvalue weighted by molar-refractivity contribution is 7.15. The second-order valence-electron chi connectivity index (χ2n) is 5.00. The molecule has 2 heterocycles. The number of rotatable bonds is 5. The lowest BCUT2D eigenvalue weighted by atomic mass is 10.2. The van der Waals surface area contributed by atoms with Crippen LogP contribution in [0.2, 0.25) is 0 Å². The van der Waals surface area contributed by atoms with E-state index in [-0.39, 0.29) is 12.0 Å². The van der Waals surface area contributed by atoms with E-state index in [4.69, 9.17) is 14.2 Å².